The Hall–Kier alpha value is -2.65. The van der Waals surface area contributed by atoms with Crippen LogP contribution in [0.3, 0.4) is 0 Å². The van der Waals surface area contributed by atoms with E-state index in [1.54, 1.807) is 16.7 Å². The first-order valence-electron chi connectivity index (χ1n) is 11.8. The Morgan fingerprint density at radius 3 is 2.63 bits per heavy atom. The molecular formula is C26H31ClN4O3S. The number of halogens is 1. The number of benzene rings is 1. The number of thiophene rings is 1. The molecule has 0 amide bonds. The normalized spacial score (nSPS) is 14.9. The zero-order valence-electron chi connectivity index (χ0n) is 20.0. The molecule has 0 atom stereocenters. The molecule has 5 rings (SSSR count). The number of carboxylic acids is 1. The van der Waals surface area contributed by atoms with Crippen molar-refractivity contribution in [1.29, 1.82) is 0 Å². The van der Waals surface area contributed by atoms with E-state index >= 15 is 0 Å². The maximum Gasteiger partial charge on any atom is 0.352 e. The first-order valence-corrected chi connectivity index (χ1v) is 13.0. The van der Waals surface area contributed by atoms with Crippen LogP contribution in [-0.4, -0.2) is 51.4 Å². The van der Waals surface area contributed by atoms with E-state index < -0.39 is 5.97 Å². The lowest BCUT2D eigenvalue weighted by Crippen LogP contribution is -2.41. The predicted molar refractivity (Wildman–Crippen MR) is 141 cm³/mol. The summed E-state index contributed by atoms with van der Waals surface area (Å²) in [5, 5.41) is 14.4. The topological polar surface area (TPSA) is 97.5 Å². The smallest absolute Gasteiger partial charge is 0.352 e. The molecule has 4 aromatic rings. The molecule has 3 N–H and O–H groups in total. The van der Waals surface area contributed by atoms with E-state index in [9.17, 15) is 9.90 Å². The summed E-state index contributed by atoms with van der Waals surface area (Å²) in [6.45, 7) is 8.52. The van der Waals surface area contributed by atoms with Crippen molar-refractivity contribution in [3.8, 4) is 10.6 Å². The molecule has 0 saturated carbocycles. The van der Waals surface area contributed by atoms with Crippen LogP contribution in [0.2, 0.25) is 4.34 Å². The van der Waals surface area contributed by atoms with Gasteiger partial charge in [-0.25, -0.2) is 4.79 Å². The van der Waals surface area contributed by atoms with Gasteiger partial charge < -0.3 is 24.8 Å². The highest BCUT2D eigenvalue weighted by atomic mass is 35.5. The maximum atomic E-state index is 11.5. The summed E-state index contributed by atoms with van der Waals surface area (Å²) in [7, 11) is 0. The first-order chi connectivity index (χ1) is 16.8. The number of para-hydroxylation sites is 1. The van der Waals surface area contributed by atoms with Gasteiger partial charge in [0.05, 0.1) is 15.8 Å². The number of carboxylic acid groups (broad SMARTS) is 1. The second-order valence-corrected chi connectivity index (χ2v) is 11.0. The third kappa shape index (κ3) is 6.52. The van der Waals surface area contributed by atoms with Crippen molar-refractivity contribution < 1.29 is 14.4 Å². The average Bonchev–Trinajstić information content (AvgIpc) is 3.55. The van der Waals surface area contributed by atoms with Gasteiger partial charge >= 0.3 is 5.97 Å². The molecule has 4 heterocycles. The molecule has 1 saturated heterocycles. The van der Waals surface area contributed by atoms with Gasteiger partial charge in [-0.1, -0.05) is 48.8 Å². The third-order valence-corrected chi connectivity index (χ3v) is 7.23. The number of piperidine rings is 1. The molecule has 0 spiro atoms. The largest absolute Gasteiger partial charge is 0.477 e. The fourth-order valence-corrected chi connectivity index (χ4v) is 5.31. The summed E-state index contributed by atoms with van der Waals surface area (Å²) in [4.78, 5) is 14.9. The summed E-state index contributed by atoms with van der Waals surface area (Å²) < 4.78 is 7.76. The number of likely N-dealkylation sites (tertiary alicyclic amines) is 1. The molecule has 1 fully saturated rings. The van der Waals surface area contributed by atoms with Crippen molar-refractivity contribution in [3.63, 3.8) is 0 Å². The Kier molecular flexibility index (Phi) is 8.28. The molecule has 0 unspecified atom stereocenters. The zero-order chi connectivity index (χ0) is 24.9. The number of hydrogen-bond donors (Lipinski definition) is 2. The molecule has 7 nitrogen and oxygen atoms in total. The van der Waals surface area contributed by atoms with Crippen LogP contribution >= 0.6 is 22.9 Å². The minimum atomic E-state index is -0.972. The van der Waals surface area contributed by atoms with Gasteiger partial charge in [0.1, 0.15) is 11.4 Å². The molecule has 186 valence electrons. The van der Waals surface area contributed by atoms with Crippen LogP contribution in [0.25, 0.3) is 21.5 Å². The van der Waals surface area contributed by atoms with Crippen molar-refractivity contribution in [2.75, 3.05) is 19.6 Å². The Labute approximate surface area is 214 Å². The van der Waals surface area contributed by atoms with Crippen LogP contribution in [0, 0.1) is 5.92 Å². The number of nitrogens with zero attached hydrogens (tertiary/aromatic N) is 3. The molecule has 3 aromatic heterocycles. The Morgan fingerprint density at radius 2 is 1.97 bits per heavy atom. The van der Waals surface area contributed by atoms with Gasteiger partial charge in [-0.15, -0.1) is 11.3 Å². The van der Waals surface area contributed by atoms with Gasteiger partial charge in [0.2, 0.25) is 0 Å². The number of fused-ring (bicyclic) bond motifs is 1. The van der Waals surface area contributed by atoms with Crippen LogP contribution in [0.4, 0.5) is 0 Å². The van der Waals surface area contributed by atoms with Crippen LogP contribution in [-0.2, 0) is 6.54 Å². The molecule has 9 heteroatoms. The number of carbonyl (C=O) groups is 1. The summed E-state index contributed by atoms with van der Waals surface area (Å²) >= 11 is 7.34. The molecule has 1 aliphatic heterocycles. The monoisotopic (exact) mass is 514 g/mol. The van der Waals surface area contributed by atoms with E-state index in [1.165, 1.54) is 43.8 Å². The lowest BCUT2D eigenvalue weighted by Gasteiger charge is -2.31. The number of hydrogen-bond acceptors (Lipinski definition) is 6. The van der Waals surface area contributed by atoms with Crippen LogP contribution in [0.1, 0.15) is 42.9 Å². The van der Waals surface area contributed by atoms with Crippen molar-refractivity contribution in [1.82, 2.24) is 14.6 Å². The number of aromatic nitrogens is 2. The number of aromatic carboxylic acids is 1. The highest BCUT2D eigenvalue weighted by molar-refractivity contribution is 7.19. The highest BCUT2D eigenvalue weighted by Gasteiger charge is 2.17. The quantitative estimate of drug-likeness (QED) is 0.336. The maximum absolute atomic E-state index is 11.5. The molecule has 35 heavy (non-hydrogen) atoms. The summed E-state index contributed by atoms with van der Waals surface area (Å²) in [5.41, 5.74) is 7.52. The zero-order valence-corrected chi connectivity index (χ0v) is 21.6. The molecule has 0 radical (unpaired) electrons. The second-order valence-electron chi connectivity index (χ2n) is 9.30. The molecule has 1 aliphatic rings. The van der Waals surface area contributed by atoms with Crippen molar-refractivity contribution >= 4 is 39.8 Å². The SMILES string of the molecule is CC(C)CN1CCC(N)CC1.O=C(O)c1cc2ccccc2n1Cc1cc(-c2ccc(Cl)s2)on1. The average molecular weight is 515 g/mol. The first kappa shape index (κ1) is 25.4. The van der Waals surface area contributed by atoms with E-state index in [0.29, 0.717) is 28.4 Å². The van der Waals surface area contributed by atoms with Crippen LogP contribution < -0.4 is 5.73 Å². The lowest BCUT2D eigenvalue weighted by molar-refractivity contribution is 0.0686. The van der Waals surface area contributed by atoms with Crippen molar-refractivity contribution in [3.05, 3.63) is 64.3 Å². The van der Waals surface area contributed by atoms with Crippen LogP contribution in [0.15, 0.2) is 53.1 Å². The van der Waals surface area contributed by atoms with E-state index in [2.05, 4.69) is 23.9 Å². The minimum Gasteiger partial charge on any atom is -0.477 e. The van der Waals surface area contributed by atoms with E-state index in [1.807, 2.05) is 36.4 Å². The van der Waals surface area contributed by atoms with Gasteiger partial charge in [-0.05, 0) is 56.1 Å². The van der Waals surface area contributed by atoms with Gasteiger partial charge in [0, 0.05) is 29.6 Å². The molecule has 0 bridgehead atoms. The van der Waals surface area contributed by atoms with E-state index in [4.69, 9.17) is 21.9 Å². The summed E-state index contributed by atoms with van der Waals surface area (Å²) in [5.74, 6) is 0.444. The van der Waals surface area contributed by atoms with Gasteiger partial charge in [0.25, 0.3) is 0 Å². The summed E-state index contributed by atoms with van der Waals surface area (Å²) in [6.07, 6.45) is 2.37. The Bertz CT molecular complexity index is 1270. The van der Waals surface area contributed by atoms with Crippen molar-refractivity contribution in [2.24, 2.45) is 11.7 Å². The van der Waals surface area contributed by atoms with E-state index in [0.717, 1.165) is 21.7 Å². The van der Waals surface area contributed by atoms with Crippen LogP contribution in [0.5, 0.6) is 0 Å². The third-order valence-electron chi connectivity index (χ3n) is 5.98. The molecular weight excluding hydrogens is 484 g/mol. The fourth-order valence-electron chi connectivity index (χ4n) is 4.32. The number of rotatable bonds is 6. The van der Waals surface area contributed by atoms with Gasteiger partial charge in [-0.3, -0.25) is 0 Å². The highest BCUT2D eigenvalue weighted by Crippen LogP contribution is 2.31. The van der Waals surface area contributed by atoms with Crippen molar-refractivity contribution in [2.45, 2.75) is 39.3 Å². The van der Waals surface area contributed by atoms with Gasteiger partial charge in [-0.2, -0.15) is 0 Å². The van der Waals surface area contributed by atoms with Gasteiger partial charge in [0.15, 0.2) is 5.76 Å². The standard InChI is InChI=1S/C17H11ClN2O3S.C9H20N2/c18-16-6-5-15(24-16)14-8-11(19-23-14)9-20-12-4-2-1-3-10(12)7-13(20)17(21)22;1-8(2)7-11-5-3-9(10)4-6-11/h1-8H,9H2,(H,21,22);8-9H,3-7,10H2,1-2H3. The fraction of sp³-hybridized carbons (Fsp3) is 0.385. The molecule has 0 aliphatic carbocycles. The number of nitrogens with two attached hydrogens (primary N) is 1. The Morgan fingerprint density at radius 1 is 1.23 bits per heavy atom. The molecule has 1 aromatic carbocycles. The van der Waals surface area contributed by atoms with E-state index in [-0.39, 0.29) is 5.69 Å². The lowest BCUT2D eigenvalue weighted by atomic mass is 10.0. The second kappa shape index (κ2) is 11.4. The summed E-state index contributed by atoms with van der Waals surface area (Å²) in [6, 6.07) is 15.1. The Balaban J connectivity index is 0.000000221. The predicted octanol–water partition coefficient (Wildman–Crippen LogP) is 5.82. The minimum absolute atomic E-state index is 0.222.